The van der Waals surface area contributed by atoms with Crippen LogP contribution in [0.2, 0.25) is 5.02 Å². The molecule has 2 atom stereocenters. The number of benzene rings is 1. The van der Waals surface area contributed by atoms with Crippen LogP contribution in [0.3, 0.4) is 0 Å². The summed E-state index contributed by atoms with van der Waals surface area (Å²) in [5.74, 6) is 0.662. The maximum Gasteiger partial charge on any atom is 0.0408 e. The lowest BCUT2D eigenvalue weighted by Crippen LogP contribution is -2.58. The van der Waals surface area contributed by atoms with E-state index in [1.165, 1.54) is 24.8 Å². The van der Waals surface area contributed by atoms with Crippen molar-refractivity contribution < 1.29 is 0 Å². The first-order valence-corrected chi connectivity index (χ1v) is 7.54. The molecule has 0 spiro atoms. The van der Waals surface area contributed by atoms with Crippen molar-refractivity contribution in [2.45, 2.75) is 52.0 Å². The van der Waals surface area contributed by atoms with Gasteiger partial charge >= 0.3 is 0 Å². The fraction of sp³-hybridized carbons (Fsp3) is 0.625. The molecule has 1 aromatic carbocycles. The van der Waals surface area contributed by atoms with E-state index in [-0.39, 0.29) is 0 Å². The predicted octanol–water partition coefficient (Wildman–Crippen LogP) is 4.61. The maximum absolute atomic E-state index is 6.13. The lowest BCUT2D eigenvalue weighted by atomic mass is 9.52. The van der Waals surface area contributed by atoms with Crippen molar-refractivity contribution in [3.63, 3.8) is 0 Å². The summed E-state index contributed by atoms with van der Waals surface area (Å²) in [5, 5.41) is 4.52. The van der Waals surface area contributed by atoms with Gasteiger partial charge in [-0.3, -0.25) is 0 Å². The quantitative estimate of drug-likeness (QED) is 0.820. The number of nitrogens with one attached hydrogen (secondary N) is 1. The van der Waals surface area contributed by atoms with Crippen LogP contribution in [0.5, 0.6) is 0 Å². The Morgan fingerprint density at radius 1 is 1.28 bits per heavy atom. The Balaban J connectivity index is 2.24. The molecular formula is C16H24ClN. The highest BCUT2D eigenvalue weighted by Crippen LogP contribution is 2.57. The molecule has 1 aliphatic carbocycles. The maximum atomic E-state index is 6.13. The van der Waals surface area contributed by atoms with Crippen LogP contribution in [-0.4, -0.2) is 12.6 Å². The highest BCUT2D eigenvalue weighted by molar-refractivity contribution is 6.30. The highest BCUT2D eigenvalue weighted by atomic mass is 35.5. The Hall–Kier alpha value is -0.530. The molecule has 1 saturated carbocycles. The minimum atomic E-state index is 0.417. The monoisotopic (exact) mass is 265 g/mol. The van der Waals surface area contributed by atoms with E-state index in [0.717, 1.165) is 11.6 Å². The van der Waals surface area contributed by atoms with Crippen molar-refractivity contribution in [1.29, 1.82) is 0 Å². The van der Waals surface area contributed by atoms with E-state index in [1.807, 2.05) is 6.07 Å². The largest absolute Gasteiger partial charge is 0.314 e. The SMILES string of the molecule is CCNC1CC(c2cccc(Cl)c2)C1(CC)CC. The summed E-state index contributed by atoms with van der Waals surface area (Å²) in [7, 11) is 0. The van der Waals surface area contributed by atoms with Gasteiger partial charge in [0.2, 0.25) is 0 Å². The molecule has 1 nitrogen and oxygen atoms in total. The first-order chi connectivity index (χ1) is 8.67. The lowest BCUT2D eigenvalue weighted by molar-refractivity contribution is 0.0210. The zero-order valence-corrected chi connectivity index (χ0v) is 12.4. The second kappa shape index (κ2) is 5.63. The Morgan fingerprint density at radius 3 is 2.56 bits per heavy atom. The lowest BCUT2D eigenvalue weighted by Gasteiger charge is -2.56. The van der Waals surface area contributed by atoms with Gasteiger partial charge in [-0.1, -0.05) is 44.5 Å². The van der Waals surface area contributed by atoms with E-state index in [1.54, 1.807) is 0 Å². The van der Waals surface area contributed by atoms with Crippen molar-refractivity contribution in [3.05, 3.63) is 34.9 Å². The van der Waals surface area contributed by atoms with Crippen LogP contribution < -0.4 is 5.32 Å². The molecule has 1 N–H and O–H groups in total. The predicted molar refractivity (Wildman–Crippen MR) is 79.3 cm³/mol. The number of rotatable bonds is 5. The summed E-state index contributed by atoms with van der Waals surface area (Å²) >= 11 is 6.13. The van der Waals surface area contributed by atoms with Crippen LogP contribution in [0.15, 0.2) is 24.3 Å². The Kier molecular flexibility index (Phi) is 4.34. The van der Waals surface area contributed by atoms with Crippen molar-refractivity contribution in [1.82, 2.24) is 5.32 Å². The van der Waals surface area contributed by atoms with E-state index < -0.39 is 0 Å². The van der Waals surface area contributed by atoms with E-state index in [4.69, 9.17) is 11.6 Å². The minimum absolute atomic E-state index is 0.417. The van der Waals surface area contributed by atoms with Gasteiger partial charge in [-0.2, -0.15) is 0 Å². The molecule has 0 amide bonds. The van der Waals surface area contributed by atoms with E-state index in [2.05, 4.69) is 44.3 Å². The third-order valence-electron chi connectivity index (χ3n) is 4.88. The highest BCUT2D eigenvalue weighted by Gasteiger charge is 2.52. The minimum Gasteiger partial charge on any atom is -0.314 e. The average Bonchev–Trinajstić information content (AvgIpc) is 2.36. The van der Waals surface area contributed by atoms with Gasteiger partial charge in [0.1, 0.15) is 0 Å². The van der Waals surface area contributed by atoms with Crippen LogP contribution in [0.25, 0.3) is 0 Å². The first kappa shape index (κ1) is 13.9. The summed E-state index contributed by atoms with van der Waals surface area (Å²) in [5.41, 5.74) is 1.83. The van der Waals surface area contributed by atoms with Gasteiger partial charge in [0.25, 0.3) is 0 Å². The van der Waals surface area contributed by atoms with Gasteiger partial charge in [0.05, 0.1) is 0 Å². The van der Waals surface area contributed by atoms with Crippen molar-refractivity contribution in [2.75, 3.05) is 6.54 Å². The molecule has 1 aliphatic rings. The van der Waals surface area contributed by atoms with Gasteiger partial charge in [-0.15, -0.1) is 0 Å². The molecule has 2 rings (SSSR count). The number of halogens is 1. The fourth-order valence-corrected chi connectivity index (χ4v) is 3.95. The van der Waals surface area contributed by atoms with Gasteiger partial charge in [0.15, 0.2) is 0 Å². The zero-order valence-electron chi connectivity index (χ0n) is 11.7. The molecule has 0 bridgehead atoms. The molecule has 0 saturated heterocycles. The molecule has 0 aliphatic heterocycles. The molecule has 0 aromatic heterocycles. The average molecular weight is 266 g/mol. The van der Waals surface area contributed by atoms with Crippen LogP contribution in [0, 0.1) is 5.41 Å². The van der Waals surface area contributed by atoms with Gasteiger partial charge < -0.3 is 5.32 Å². The molecule has 2 unspecified atom stereocenters. The van der Waals surface area contributed by atoms with Crippen molar-refractivity contribution in [2.24, 2.45) is 5.41 Å². The summed E-state index contributed by atoms with van der Waals surface area (Å²) < 4.78 is 0. The Bertz CT molecular complexity index is 398. The summed E-state index contributed by atoms with van der Waals surface area (Å²) in [6.07, 6.45) is 3.71. The van der Waals surface area contributed by atoms with E-state index in [9.17, 15) is 0 Å². The molecule has 1 fully saturated rings. The third kappa shape index (κ3) is 2.19. The smallest absolute Gasteiger partial charge is 0.0408 e. The van der Waals surface area contributed by atoms with Gasteiger partial charge in [-0.05, 0) is 54.8 Å². The number of hydrogen-bond acceptors (Lipinski definition) is 1. The molecular weight excluding hydrogens is 242 g/mol. The summed E-state index contributed by atoms with van der Waals surface area (Å²) in [6, 6.07) is 9.09. The molecule has 2 heteroatoms. The topological polar surface area (TPSA) is 12.0 Å². The second-order valence-corrected chi connectivity index (χ2v) is 5.83. The summed E-state index contributed by atoms with van der Waals surface area (Å²) in [6.45, 7) is 7.91. The Morgan fingerprint density at radius 2 is 2.00 bits per heavy atom. The first-order valence-electron chi connectivity index (χ1n) is 7.16. The molecule has 1 aromatic rings. The zero-order chi connectivity index (χ0) is 13.2. The summed E-state index contributed by atoms with van der Waals surface area (Å²) in [4.78, 5) is 0. The van der Waals surface area contributed by atoms with Crippen molar-refractivity contribution >= 4 is 11.6 Å². The van der Waals surface area contributed by atoms with Crippen LogP contribution >= 0.6 is 11.6 Å². The van der Waals surface area contributed by atoms with Crippen LogP contribution in [0.1, 0.15) is 51.5 Å². The van der Waals surface area contributed by atoms with Gasteiger partial charge in [0, 0.05) is 11.1 Å². The van der Waals surface area contributed by atoms with Crippen LogP contribution in [-0.2, 0) is 0 Å². The van der Waals surface area contributed by atoms with Crippen LogP contribution in [0.4, 0.5) is 0 Å². The number of hydrogen-bond donors (Lipinski definition) is 1. The fourth-order valence-electron chi connectivity index (χ4n) is 3.75. The Labute approximate surface area is 116 Å². The van der Waals surface area contributed by atoms with E-state index >= 15 is 0 Å². The van der Waals surface area contributed by atoms with E-state index in [0.29, 0.717) is 17.4 Å². The molecule has 0 radical (unpaired) electrons. The third-order valence-corrected chi connectivity index (χ3v) is 5.11. The molecule has 0 heterocycles. The van der Waals surface area contributed by atoms with Crippen molar-refractivity contribution in [3.8, 4) is 0 Å². The van der Waals surface area contributed by atoms with Gasteiger partial charge in [-0.25, -0.2) is 0 Å². The second-order valence-electron chi connectivity index (χ2n) is 5.39. The standard InChI is InChI=1S/C16H24ClN/c1-4-16(5-2)14(11-15(16)18-6-3)12-8-7-9-13(17)10-12/h7-10,14-15,18H,4-6,11H2,1-3H3. The normalized spacial score (nSPS) is 25.8. The molecule has 18 heavy (non-hydrogen) atoms. The molecule has 100 valence electrons.